The Morgan fingerprint density at radius 3 is 2.45 bits per heavy atom. The predicted molar refractivity (Wildman–Crippen MR) is 49.2 cm³/mol. The second-order valence-electron chi connectivity index (χ2n) is 2.18. The Balaban J connectivity index is 2.85. The van der Waals surface area contributed by atoms with Crippen molar-refractivity contribution >= 4 is 13.2 Å². The molecule has 0 aliphatic heterocycles. The van der Waals surface area contributed by atoms with Gasteiger partial charge in [0.1, 0.15) is 0 Å². The van der Waals surface area contributed by atoms with Crippen molar-refractivity contribution in [3.05, 3.63) is 30.3 Å². The minimum atomic E-state index is -0.546. The molecule has 0 saturated carbocycles. The standard InChI is InChI=1S/C9H10NP/c1-2-11(8-10)9-6-4-3-5-7-9/h3-7H,2H2,1H3. The summed E-state index contributed by atoms with van der Waals surface area (Å²) < 4.78 is 0. The number of rotatable bonds is 2. The van der Waals surface area contributed by atoms with Crippen LogP contribution in [0.4, 0.5) is 0 Å². The average Bonchev–Trinajstić information content (AvgIpc) is 2.09. The first-order valence-corrected chi connectivity index (χ1v) is 5.13. The lowest BCUT2D eigenvalue weighted by atomic mass is 10.4. The van der Waals surface area contributed by atoms with E-state index in [-0.39, 0.29) is 0 Å². The van der Waals surface area contributed by atoms with E-state index < -0.39 is 7.92 Å². The van der Waals surface area contributed by atoms with E-state index in [1.807, 2.05) is 30.3 Å². The molecule has 1 nitrogen and oxygen atoms in total. The molecule has 0 aliphatic rings. The highest BCUT2D eigenvalue weighted by atomic mass is 31.1. The van der Waals surface area contributed by atoms with Crippen LogP contribution in [0.3, 0.4) is 0 Å². The molecule has 0 aromatic heterocycles. The lowest BCUT2D eigenvalue weighted by Crippen LogP contribution is -1.98. The van der Waals surface area contributed by atoms with Crippen LogP contribution in [0.25, 0.3) is 0 Å². The lowest BCUT2D eigenvalue weighted by molar-refractivity contribution is 1.49. The van der Waals surface area contributed by atoms with Gasteiger partial charge in [-0.2, -0.15) is 5.26 Å². The van der Waals surface area contributed by atoms with Gasteiger partial charge in [-0.1, -0.05) is 37.3 Å². The summed E-state index contributed by atoms with van der Waals surface area (Å²) in [5.41, 5.74) is 0. The minimum absolute atomic E-state index is 0.546. The minimum Gasteiger partial charge on any atom is -0.193 e. The maximum atomic E-state index is 8.76. The Morgan fingerprint density at radius 2 is 2.00 bits per heavy atom. The Morgan fingerprint density at radius 1 is 1.36 bits per heavy atom. The first kappa shape index (κ1) is 8.24. The van der Waals surface area contributed by atoms with E-state index in [2.05, 4.69) is 12.7 Å². The van der Waals surface area contributed by atoms with Gasteiger partial charge in [-0.15, -0.1) is 0 Å². The van der Waals surface area contributed by atoms with Crippen LogP contribution in [0.1, 0.15) is 6.92 Å². The third-order valence-electron chi connectivity index (χ3n) is 1.50. The van der Waals surface area contributed by atoms with E-state index in [1.54, 1.807) is 0 Å². The quantitative estimate of drug-likeness (QED) is 0.613. The molecule has 0 aliphatic carbocycles. The van der Waals surface area contributed by atoms with Gasteiger partial charge in [0.15, 0.2) is 0 Å². The summed E-state index contributed by atoms with van der Waals surface area (Å²) in [6.07, 6.45) is 0.954. The predicted octanol–water partition coefficient (Wildman–Crippen LogP) is 2.29. The topological polar surface area (TPSA) is 23.8 Å². The van der Waals surface area contributed by atoms with Crippen molar-refractivity contribution in [3.63, 3.8) is 0 Å². The molecule has 1 aromatic carbocycles. The van der Waals surface area contributed by atoms with Gasteiger partial charge in [0, 0.05) is 7.92 Å². The zero-order valence-electron chi connectivity index (χ0n) is 6.49. The monoisotopic (exact) mass is 163 g/mol. The summed E-state index contributed by atoms with van der Waals surface area (Å²) in [6.45, 7) is 2.06. The van der Waals surface area contributed by atoms with E-state index in [0.29, 0.717) is 0 Å². The summed E-state index contributed by atoms with van der Waals surface area (Å²) in [5.74, 6) is 2.33. The Labute approximate surface area is 68.4 Å². The summed E-state index contributed by atoms with van der Waals surface area (Å²) >= 11 is 0. The smallest absolute Gasteiger partial charge is 0.0920 e. The summed E-state index contributed by atoms with van der Waals surface area (Å²) in [5, 5.41) is 9.95. The van der Waals surface area contributed by atoms with Gasteiger partial charge in [0.25, 0.3) is 0 Å². The molecule has 1 atom stereocenters. The van der Waals surface area contributed by atoms with Gasteiger partial charge in [-0.05, 0) is 11.5 Å². The van der Waals surface area contributed by atoms with Crippen LogP contribution in [0.15, 0.2) is 30.3 Å². The van der Waals surface area contributed by atoms with Gasteiger partial charge in [-0.25, -0.2) is 0 Å². The molecule has 1 rings (SSSR count). The molecule has 11 heavy (non-hydrogen) atoms. The molecule has 0 radical (unpaired) electrons. The summed E-state index contributed by atoms with van der Waals surface area (Å²) in [7, 11) is -0.546. The van der Waals surface area contributed by atoms with Crippen LogP contribution in [0.2, 0.25) is 0 Å². The van der Waals surface area contributed by atoms with Crippen LogP contribution in [0, 0.1) is 11.1 Å². The number of nitriles is 1. The number of hydrogen-bond donors (Lipinski definition) is 0. The molecule has 0 fully saturated rings. The Hall–Kier alpha value is -0.860. The van der Waals surface area contributed by atoms with Gasteiger partial charge < -0.3 is 0 Å². The molecule has 0 bridgehead atoms. The first-order valence-electron chi connectivity index (χ1n) is 3.60. The molecule has 0 heterocycles. The van der Waals surface area contributed by atoms with Crippen LogP contribution in [0.5, 0.6) is 0 Å². The van der Waals surface area contributed by atoms with Crippen molar-refractivity contribution in [1.29, 1.82) is 5.26 Å². The van der Waals surface area contributed by atoms with Crippen molar-refractivity contribution in [2.24, 2.45) is 0 Å². The van der Waals surface area contributed by atoms with Crippen molar-refractivity contribution in [3.8, 4) is 5.81 Å². The maximum absolute atomic E-state index is 8.76. The van der Waals surface area contributed by atoms with Crippen molar-refractivity contribution in [1.82, 2.24) is 0 Å². The fourth-order valence-corrected chi connectivity index (χ4v) is 2.07. The highest BCUT2D eigenvalue weighted by molar-refractivity contribution is 7.70. The normalized spacial score (nSPS) is 12.0. The highest BCUT2D eigenvalue weighted by Gasteiger charge is 2.04. The molecule has 56 valence electrons. The second-order valence-corrected chi connectivity index (χ2v) is 4.38. The van der Waals surface area contributed by atoms with Crippen LogP contribution < -0.4 is 5.30 Å². The molecule has 0 spiro atoms. The van der Waals surface area contributed by atoms with Crippen molar-refractivity contribution in [2.75, 3.05) is 6.16 Å². The van der Waals surface area contributed by atoms with Gasteiger partial charge in [-0.3, -0.25) is 0 Å². The largest absolute Gasteiger partial charge is 0.193 e. The lowest BCUT2D eigenvalue weighted by Gasteiger charge is -2.03. The van der Waals surface area contributed by atoms with Crippen molar-refractivity contribution < 1.29 is 0 Å². The fraction of sp³-hybridized carbons (Fsp3) is 0.222. The molecule has 0 amide bonds. The van der Waals surface area contributed by atoms with E-state index in [1.165, 1.54) is 5.30 Å². The van der Waals surface area contributed by atoms with Gasteiger partial charge in [0.2, 0.25) is 0 Å². The van der Waals surface area contributed by atoms with Crippen LogP contribution >= 0.6 is 7.92 Å². The zero-order chi connectivity index (χ0) is 8.10. The third-order valence-corrected chi connectivity index (χ3v) is 3.30. The Bertz CT molecular complexity index is 250. The Kier molecular flexibility index (Phi) is 3.08. The average molecular weight is 163 g/mol. The second kappa shape index (κ2) is 4.11. The molecule has 1 aromatic rings. The van der Waals surface area contributed by atoms with Crippen LogP contribution in [-0.4, -0.2) is 6.16 Å². The van der Waals surface area contributed by atoms with Crippen molar-refractivity contribution in [2.45, 2.75) is 6.92 Å². The molecular formula is C9H10NP. The van der Waals surface area contributed by atoms with Crippen LogP contribution in [-0.2, 0) is 0 Å². The van der Waals surface area contributed by atoms with E-state index in [0.717, 1.165) is 6.16 Å². The first-order chi connectivity index (χ1) is 5.38. The zero-order valence-corrected chi connectivity index (χ0v) is 7.38. The van der Waals surface area contributed by atoms with E-state index in [9.17, 15) is 0 Å². The number of benzene rings is 1. The molecule has 0 N–H and O–H groups in total. The van der Waals surface area contributed by atoms with Gasteiger partial charge >= 0.3 is 0 Å². The van der Waals surface area contributed by atoms with E-state index in [4.69, 9.17) is 5.26 Å². The summed E-state index contributed by atoms with van der Waals surface area (Å²) in [4.78, 5) is 0. The number of hydrogen-bond acceptors (Lipinski definition) is 1. The number of nitrogens with zero attached hydrogens (tertiary/aromatic N) is 1. The highest BCUT2D eigenvalue weighted by Crippen LogP contribution is 2.30. The SMILES string of the molecule is CCP(C#N)c1ccccc1. The molecular weight excluding hydrogens is 153 g/mol. The maximum Gasteiger partial charge on any atom is 0.0920 e. The van der Waals surface area contributed by atoms with E-state index >= 15 is 0 Å². The molecule has 0 saturated heterocycles. The van der Waals surface area contributed by atoms with Gasteiger partial charge in [0.05, 0.1) is 5.81 Å². The summed E-state index contributed by atoms with van der Waals surface area (Å²) in [6, 6.07) is 10.00. The third kappa shape index (κ3) is 2.03. The fourth-order valence-electron chi connectivity index (χ4n) is 0.919. The molecule has 1 unspecified atom stereocenters. The molecule has 2 heteroatoms.